The Labute approximate surface area is 74.7 Å². The highest BCUT2D eigenvalue weighted by Gasteiger charge is 2.23. The minimum atomic E-state index is -0.110. The van der Waals surface area contributed by atoms with Gasteiger partial charge in [-0.3, -0.25) is 4.79 Å². The van der Waals surface area contributed by atoms with E-state index >= 15 is 0 Å². The van der Waals surface area contributed by atoms with Crippen LogP contribution in [0.5, 0.6) is 0 Å². The van der Waals surface area contributed by atoms with E-state index in [1.165, 1.54) is 5.57 Å². The first-order chi connectivity index (χ1) is 5.27. The van der Waals surface area contributed by atoms with Crippen LogP contribution in [0.15, 0.2) is 11.6 Å². The topological polar surface area (TPSA) is 26.3 Å². The fraction of sp³-hybridized carbons (Fsp3) is 0.625. The van der Waals surface area contributed by atoms with E-state index in [1.54, 1.807) is 6.92 Å². The predicted octanol–water partition coefficient (Wildman–Crippen LogP) is 2.03. The zero-order chi connectivity index (χ0) is 8.27. The van der Waals surface area contributed by atoms with Gasteiger partial charge in [0.25, 0.3) is 0 Å². The lowest BCUT2D eigenvalue weighted by Gasteiger charge is -2.25. The van der Waals surface area contributed by atoms with Gasteiger partial charge in [0.05, 0.1) is 0 Å². The maximum atomic E-state index is 10.8. The van der Waals surface area contributed by atoms with Crippen molar-refractivity contribution in [1.29, 1.82) is 0 Å². The molecule has 1 rings (SSSR count). The third kappa shape index (κ3) is 2.06. The molecule has 0 saturated carbocycles. The van der Waals surface area contributed by atoms with Gasteiger partial charge in [-0.2, -0.15) is 0 Å². The third-order valence-electron chi connectivity index (χ3n) is 1.72. The molecule has 1 aliphatic carbocycles. The van der Waals surface area contributed by atoms with E-state index in [1.807, 2.05) is 0 Å². The first kappa shape index (κ1) is 8.78. The Kier molecular flexibility index (Phi) is 3.12. The van der Waals surface area contributed by atoms with Crippen LogP contribution < -0.4 is 0 Å². The SMILES string of the molecule is CCC(=O)OC1CC=C1CBr. The van der Waals surface area contributed by atoms with E-state index in [0.29, 0.717) is 6.42 Å². The highest BCUT2D eigenvalue weighted by atomic mass is 79.9. The highest BCUT2D eigenvalue weighted by Crippen LogP contribution is 2.24. The van der Waals surface area contributed by atoms with Crippen LogP contribution in [0.3, 0.4) is 0 Å². The van der Waals surface area contributed by atoms with Gasteiger partial charge in [0.1, 0.15) is 6.10 Å². The molecule has 0 N–H and O–H groups in total. The Balaban J connectivity index is 2.30. The van der Waals surface area contributed by atoms with Crippen molar-refractivity contribution in [1.82, 2.24) is 0 Å². The second-order valence-electron chi connectivity index (χ2n) is 2.48. The van der Waals surface area contributed by atoms with Crippen LogP contribution in [0, 0.1) is 0 Å². The molecule has 0 aliphatic heterocycles. The van der Waals surface area contributed by atoms with Crippen LogP contribution in [0.25, 0.3) is 0 Å². The van der Waals surface area contributed by atoms with E-state index in [4.69, 9.17) is 4.74 Å². The molecule has 0 amide bonds. The molecule has 0 heterocycles. The van der Waals surface area contributed by atoms with Gasteiger partial charge in [-0.25, -0.2) is 0 Å². The second kappa shape index (κ2) is 3.90. The summed E-state index contributed by atoms with van der Waals surface area (Å²) in [6.07, 6.45) is 3.49. The summed E-state index contributed by atoms with van der Waals surface area (Å²) in [5, 5.41) is 0.814. The quantitative estimate of drug-likeness (QED) is 0.412. The maximum Gasteiger partial charge on any atom is 0.306 e. The van der Waals surface area contributed by atoms with Crippen molar-refractivity contribution in [3.05, 3.63) is 11.6 Å². The molecule has 11 heavy (non-hydrogen) atoms. The van der Waals surface area contributed by atoms with Crippen molar-refractivity contribution in [2.75, 3.05) is 5.33 Å². The highest BCUT2D eigenvalue weighted by molar-refractivity contribution is 9.09. The Morgan fingerprint density at radius 1 is 1.91 bits per heavy atom. The van der Waals surface area contributed by atoms with Crippen LogP contribution in [0.4, 0.5) is 0 Å². The lowest BCUT2D eigenvalue weighted by molar-refractivity contribution is -0.147. The normalized spacial score (nSPS) is 22.0. The molecule has 62 valence electrons. The minimum absolute atomic E-state index is 0.0572. The van der Waals surface area contributed by atoms with Gasteiger partial charge < -0.3 is 4.74 Å². The Morgan fingerprint density at radius 3 is 3.00 bits per heavy atom. The smallest absolute Gasteiger partial charge is 0.306 e. The van der Waals surface area contributed by atoms with Crippen molar-refractivity contribution in [2.45, 2.75) is 25.9 Å². The van der Waals surface area contributed by atoms with Crippen molar-refractivity contribution < 1.29 is 9.53 Å². The molecule has 0 aromatic carbocycles. The number of hydrogen-bond acceptors (Lipinski definition) is 2. The zero-order valence-corrected chi connectivity index (χ0v) is 8.06. The average molecular weight is 219 g/mol. The molecule has 0 saturated heterocycles. The maximum absolute atomic E-state index is 10.8. The zero-order valence-electron chi connectivity index (χ0n) is 6.47. The predicted molar refractivity (Wildman–Crippen MR) is 46.7 cm³/mol. The summed E-state index contributed by atoms with van der Waals surface area (Å²) >= 11 is 3.32. The lowest BCUT2D eigenvalue weighted by Crippen LogP contribution is -2.26. The number of esters is 1. The number of hydrogen-bond donors (Lipinski definition) is 0. The van der Waals surface area contributed by atoms with E-state index in [0.717, 1.165) is 11.8 Å². The number of carbonyl (C=O) groups is 1. The molecule has 1 unspecified atom stereocenters. The minimum Gasteiger partial charge on any atom is -0.457 e. The molecule has 0 radical (unpaired) electrons. The Morgan fingerprint density at radius 2 is 2.64 bits per heavy atom. The number of carbonyl (C=O) groups excluding carboxylic acids is 1. The summed E-state index contributed by atoms with van der Waals surface area (Å²) < 4.78 is 5.10. The first-order valence-corrected chi connectivity index (χ1v) is 4.84. The summed E-state index contributed by atoms with van der Waals surface area (Å²) in [5.41, 5.74) is 1.19. The van der Waals surface area contributed by atoms with Crippen molar-refractivity contribution in [3.63, 3.8) is 0 Å². The van der Waals surface area contributed by atoms with Gasteiger partial charge in [0.2, 0.25) is 0 Å². The Hall–Kier alpha value is -0.310. The van der Waals surface area contributed by atoms with Crippen molar-refractivity contribution in [2.24, 2.45) is 0 Å². The molecular formula is C8H11BrO2. The fourth-order valence-corrected chi connectivity index (χ4v) is 1.48. The molecule has 1 aliphatic rings. The number of ether oxygens (including phenoxy) is 1. The van der Waals surface area contributed by atoms with Gasteiger partial charge in [-0.1, -0.05) is 28.9 Å². The molecular weight excluding hydrogens is 208 g/mol. The molecule has 2 nitrogen and oxygen atoms in total. The summed E-state index contributed by atoms with van der Waals surface area (Å²) in [7, 11) is 0. The second-order valence-corrected chi connectivity index (χ2v) is 3.04. The molecule has 0 aromatic heterocycles. The summed E-state index contributed by atoms with van der Waals surface area (Å²) in [6, 6.07) is 0. The van der Waals surface area contributed by atoms with Crippen LogP contribution in [-0.2, 0) is 9.53 Å². The van der Waals surface area contributed by atoms with Gasteiger partial charge in [-0.15, -0.1) is 0 Å². The van der Waals surface area contributed by atoms with Crippen molar-refractivity contribution >= 4 is 21.9 Å². The van der Waals surface area contributed by atoms with Crippen LogP contribution in [0.1, 0.15) is 19.8 Å². The fourth-order valence-electron chi connectivity index (χ4n) is 0.887. The molecule has 0 bridgehead atoms. The molecule has 0 fully saturated rings. The standard InChI is InChI=1S/C8H11BrO2/c1-2-8(10)11-7-4-3-6(7)5-9/h3,7H,2,4-5H2,1H3. The van der Waals surface area contributed by atoms with Gasteiger partial charge in [0, 0.05) is 18.2 Å². The van der Waals surface area contributed by atoms with E-state index < -0.39 is 0 Å². The summed E-state index contributed by atoms with van der Waals surface area (Å²) in [4.78, 5) is 10.8. The average Bonchev–Trinajstić information content (AvgIpc) is 1.98. The number of rotatable bonds is 3. The van der Waals surface area contributed by atoms with Crippen molar-refractivity contribution in [3.8, 4) is 0 Å². The molecule has 3 heteroatoms. The van der Waals surface area contributed by atoms with Crippen LogP contribution >= 0.6 is 15.9 Å². The monoisotopic (exact) mass is 218 g/mol. The number of halogens is 1. The van der Waals surface area contributed by atoms with Gasteiger partial charge >= 0.3 is 5.97 Å². The molecule has 1 atom stereocenters. The summed E-state index contributed by atoms with van der Waals surface area (Å²) in [6.45, 7) is 1.80. The summed E-state index contributed by atoms with van der Waals surface area (Å²) in [5.74, 6) is -0.110. The van der Waals surface area contributed by atoms with E-state index in [-0.39, 0.29) is 12.1 Å². The largest absolute Gasteiger partial charge is 0.457 e. The lowest BCUT2D eigenvalue weighted by atomic mass is 9.97. The Bertz CT molecular complexity index is 187. The van der Waals surface area contributed by atoms with E-state index in [9.17, 15) is 4.79 Å². The number of alkyl halides is 1. The van der Waals surface area contributed by atoms with Crippen LogP contribution in [0.2, 0.25) is 0 Å². The molecule has 0 aromatic rings. The van der Waals surface area contributed by atoms with Gasteiger partial charge in [0.15, 0.2) is 0 Å². The first-order valence-electron chi connectivity index (χ1n) is 3.72. The third-order valence-corrected chi connectivity index (χ3v) is 2.37. The van der Waals surface area contributed by atoms with E-state index in [2.05, 4.69) is 22.0 Å². The molecule has 0 spiro atoms. The van der Waals surface area contributed by atoms with Crippen LogP contribution in [-0.4, -0.2) is 17.4 Å². The van der Waals surface area contributed by atoms with Gasteiger partial charge in [-0.05, 0) is 5.57 Å².